The van der Waals surface area contributed by atoms with Gasteiger partial charge < -0.3 is 9.30 Å². The molecule has 1 atom stereocenters. The molecule has 1 aromatic heterocycles. The summed E-state index contributed by atoms with van der Waals surface area (Å²) < 4.78 is 7.59. The Morgan fingerprint density at radius 2 is 2.38 bits per heavy atom. The minimum absolute atomic E-state index is 0.331. The molecule has 5 nitrogen and oxygen atoms in total. The van der Waals surface area contributed by atoms with E-state index in [9.17, 15) is 0 Å². The van der Waals surface area contributed by atoms with Gasteiger partial charge in [-0.2, -0.15) is 5.26 Å². The fourth-order valence-electron chi connectivity index (χ4n) is 2.36. The Hall–Kier alpha value is -1.84. The minimum atomic E-state index is 0.331. The lowest BCUT2D eigenvalue weighted by Crippen LogP contribution is -2.08. The smallest absolute Gasteiger partial charge is 0.191 e. The summed E-state index contributed by atoms with van der Waals surface area (Å²) in [5, 5.41) is 18.4. The summed E-state index contributed by atoms with van der Waals surface area (Å²) in [6, 6.07) is 9.57. The zero-order valence-electron chi connectivity index (χ0n) is 11.8. The standard InChI is InChI=1S/C15H16N4OS/c1-19-14(12-5-2-4-11(8-12)9-16)17-18-15(19)21-10-13-6-3-7-20-13/h2,4-5,8,13H,3,6-7,10H2,1H3. The molecule has 0 aliphatic carbocycles. The molecule has 3 rings (SSSR count). The highest BCUT2D eigenvalue weighted by atomic mass is 32.2. The Morgan fingerprint density at radius 1 is 1.48 bits per heavy atom. The van der Waals surface area contributed by atoms with Crippen molar-refractivity contribution in [2.24, 2.45) is 7.05 Å². The second kappa shape index (κ2) is 6.29. The molecule has 108 valence electrons. The van der Waals surface area contributed by atoms with Crippen LogP contribution in [0.3, 0.4) is 0 Å². The summed E-state index contributed by atoms with van der Waals surface area (Å²) >= 11 is 1.67. The van der Waals surface area contributed by atoms with Gasteiger partial charge in [0.2, 0.25) is 0 Å². The number of ether oxygens (including phenoxy) is 1. The summed E-state index contributed by atoms with van der Waals surface area (Å²) in [5.74, 6) is 1.69. The maximum absolute atomic E-state index is 8.98. The number of rotatable bonds is 4. The van der Waals surface area contributed by atoms with E-state index in [1.807, 2.05) is 29.8 Å². The summed E-state index contributed by atoms with van der Waals surface area (Å²) in [7, 11) is 1.95. The topological polar surface area (TPSA) is 63.7 Å². The molecule has 1 unspecified atom stereocenters. The number of thioether (sulfide) groups is 1. The molecule has 0 radical (unpaired) electrons. The number of hydrogen-bond acceptors (Lipinski definition) is 5. The van der Waals surface area contributed by atoms with E-state index in [1.165, 1.54) is 0 Å². The Morgan fingerprint density at radius 3 is 3.14 bits per heavy atom. The zero-order valence-corrected chi connectivity index (χ0v) is 12.6. The van der Waals surface area contributed by atoms with Gasteiger partial charge in [0.05, 0.1) is 17.7 Å². The Balaban J connectivity index is 1.76. The first-order chi connectivity index (χ1) is 10.3. The van der Waals surface area contributed by atoms with Crippen molar-refractivity contribution < 1.29 is 4.74 Å². The molecule has 1 fully saturated rings. The average Bonchev–Trinajstić information content (AvgIpc) is 3.15. The molecule has 21 heavy (non-hydrogen) atoms. The monoisotopic (exact) mass is 300 g/mol. The van der Waals surface area contributed by atoms with Gasteiger partial charge >= 0.3 is 0 Å². The van der Waals surface area contributed by atoms with Crippen LogP contribution in [-0.4, -0.2) is 33.2 Å². The lowest BCUT2D eigenvalue weighted by Gasteiger charge is -2.08. The van der Waals surface area contributed by atoms with Gasteiger partial charge in [-0.1, -0.05) is 23.9 Å². The third kappa shape index (κ3) is 3.09. The fourth-order valence-corrected chi connectivity index (χ4v) is 3.34. The van der Waals surface area contributed by atoms with E-state index < -0.39 is 0 Å². The Bertz CT molecular complexity index is 671. The largest absolute Gasteiger partial charge is 0.377 e. The summed E-state index contributed by atoms with van der Waals surface area (Å²) in [4.78, 5) is 0. The van der Waals surface area contributed by atoms with Gasteiger partial charge in [0.25, 0.3) is 0 Å². The SMILES string of the molecule is Cn1c(SCC2CCCO2)nnc1-c1cccc(C#N)c1. The van der Waals surface area contributed by atoms with Gasteiger partial charge in [0.15, 0.2) is 11.0 Å². The molecule has 2 aromatic rings. The van der Waals surface area contributed by atoms with E-state index in [-0.39, 0.29) is 0 Å². The fraction of sp³-hybridized carbons (Fsp3) is 0.400. The summed E-state index contributed by atoms with van der Waals surface area (Å²) in [6.07, 6.45) is 2.61. The van der Waals surface area contributed by atoms with Crippen molar-refractivity contribution in [2.45, 2.75) is 24.1 Å². The predicted octanol–water partition coefficient (Wildman–Crippen LogP) is 2.62. The lowest BCUT2D eigenvalue weighted by molar-refractivity contribution is 0.129. The molecule has 0 spiro atoms. The molecule has 1 saturated heterocycles. The molecule has 2 heterocycles. The van der Waals surface area contributed by atoms with Crippen LogP contribution in [0.5, 0.6) is 0 Å². The Kier molecular flexibility index (Phi) is 4.23. The van der Waals surface area contributed by atoms with Crippen molar-refractivity contribution in [3.8, 4) is 17.5 Å². The van der Waals surface area contributed by atoms with Crippen molar-refractivity contribution in [1.82, 2.24) is 14.8 Å². The second-order valence-electron chi connectivity index (χ2n) is 5.00. The van der Waals surface area contributed by atoms with Crippen molar-refractivity contribution in [2.75, 3.05) is 12.4 Å². The average molecular weight is 300 g/mol. The Labute approximate surface area is 127 Å². The third-order valence-electron chi connectivity index (χ3n) is 3.51. The highest BCUT2D eigenvalue weighted by molar-refractivity contribution is 7.99. The van der Waals surface area contributed by atoms with Crippen molar-refractivity contribution in [3.05, 3.63) is 29.8 Å². The van der Waals surface area contributed by atoms with E-state index in [1.54, 1.807) is 17.8 Å². The molecule has 0 bridgehead atoms. The minimum Gasteiger partial charge on any atom is -0.377 e. The van der Waals surface area contributed by atoms with E-state index in [0.29, 0.717) is 11.7 Å². The number of hydrogen-bond donors (Lipinski definition) is 0. The van der Waals surface area contributed by atoms with Gasteiger partial charge in [-0.05, 0) is 25.0 Å². The van der Waals surface area contributed by atoms with Crippen LogP contribution in [-0.2, 0) is 11.8 Å². The van der Waals surface area contributed by atoms with Crippen LogP contribution in [0, 0.1) is 11.3 Å². The normalized spacial score (nSPS) is 17.8. The number of benzene rings is 1. The predicted molar refractivity (Wildman–Crippen MR) is 80.9 cm³/mol. The van der Waals surface area contributed by atoms with Gasteiger partial charge in [-0.3, -0.25) is 0 Å². The van der Waals surface area contributed by atoms with E-state index in [0.717, 1.165) is 41.7 Å². The molecule has 1 aliphatic heterocycles. The number of nitrogens with zero attached hydrogens (tertiary/aromatic N) is 4. The molecular weight excluding hydrogens is 284 g/mol. The first-order valence-corrected chi connectivity index (χ1v) is 7.91. The van der Waals surface area contributed by atoms with E-state index in [2.05, 4.69) is 16.3 Å². The van der Waals surface area contributed by atoms with Crippen molar-refractivity contribution >= 4 is 11.8 Å². The van der Waals surface area contributed by atoms with Crippen LogP contribution < -0.4 is 0 Å². The van der Waals surface area contributed by atoms with Gasteiger partial charge in [0.1, 0.15) is 0 Å². The van der Waals surface area contributed by atoms with Crippen LogP contribution in [0.1, 0.15) is 18.4 Å². The zero-order chi connectivity index (χ0) is 14.7. The quantitative estimate of drug-likeness (QED) is 0.812. The van der Waals surface area contributed by atoms with Crippen molar-refractivity contribution in [1.29, 1.82) is 5.26 Å². The molecule has 1 aliphatic rings. The highest BCUT2D eigenvalue weighted by Crippen LogP contribution is 2.26. The first-order valence-electron chi connectivity index (χ1n) is 6.92. The third-order valence-corrected chi connectivity index (χ3v) is 4.66. The molecule has 0 N–H and O–H groups in total. The second-order valence-corrected chi connectivity index (χ2v) is 5.99. The maximum atomic E-state index is 8.98. The molecule has 1 aromatic carbocycles. The lowest BCUT2D eigenvalue weighted by atomic mass is 10.1. The molecule has 6 heteroatoms. The highest BCUT2D eigenvalue weighted by Gasteiger charge is 2.18. The maximum Gasteiger partial charge on any atom is 0.191 e. The van der Waals surface area contributed by atoms with Crippen LogP contribution in [0.25, 0.3) is 11.4 Å². The van der Waals surface area contributed by atoms with Crippen LogP contribution >= 0.6 is 11.8 Å². The molecule has 0 amide bonds. The van der Waals surface area contributed by atoms with Gasteiger partial charge in [0, 0.05) is 25.0 Å². The van der Waals surface area contributed by atoms with Crippen LogP contribution in [0.4, 0.5) is 0 Å². The number of nitriles is 1. The van der Waals surface area contributed by atoms with Gasteiger partial charge in [-0.25, -0.2) is 0 Å². The van der Waals surface area contributed by atoms with Crippen LogP contribution in [0.2, 0.25) is 0 Å². The molecule has 0 saturated carbocycles. The molecular formula is C15H16N4OS. The van der Waals surface area contributed by atoms with Gasteiger partial charge in [-0.15, -0.1) is 10.2 Å². The van der Waals surface area contributed by atoms with Crippen molar-refractivity contribution in [3.63, 3.8) is 0 Å². The first kappa shape index (κ1) is 14.1. The van der Waals surface area contributed by atoms with Crippen LogP contribution in [0.15, 0.2) is 29.4 Å². The summed E-state index contributed by atoms with van der Waals surface area (Å²) in [5.41, 5.74) is 1.54. The number of aromatic nitrogens is 3. The van der Waals surface area contributed by atoms with E-state index in [4.69, 9.17) is 10.00 Å². The van der Waals surface area contributed by atoms with E-state index >= 15 is 0 Å². The summed E-state index contributed by atoms with van der Waals surface area (Å²) in [6.45, 7) is 0.871.